The van der Waals surface area contributed by atoms with Gasteiger partial charge in [-0.25, -0.2) is 0 Å². The summed E-state index contributed by atoms with van der Waals surface area (Å²) in [5.74, 6) is 3.89. The number of hydrogen-bond donors (Lipinski definition) is 1. The molecule has 0 spiro atoms. The second-order valence-electron chi connectivity index (χ2n) is 6.63. The van der Waals surface area contributed by atoms with Crippen LogP contribution in [0, 0.1) is 17.8 Å². The van der Waals surface area contributed by atoms with Crippen molar-refractivity contribution in [1.29, 1.82) is 0 Å². The Bertz CT molecular complexity index is 490. The third kappa shape index (κ3) is 3.29. The molecule has 0 aliphatic heterocycles. The maximum absolute atomic E-state index is 5.58. The molecule has 4 unspecified atom stereocenters. The molecule has 2 saturated carbocycles. The molecule has 0 heterocycles. The fourth-order valence-electron chi connectivity index (χ4n) is 4.42. The highest BCUT2D eigenvalue weighted by Gasteiger charge is 2.40. The first kappa shape index (κ1) is 15.4. The Labute approximate surface area is 136 Å². The lowest BCUT2D eigenvalue weighted by Crippen LogP contribution is -2.23. The van der Waals surface area contributed by atoms with Gasteiger partial charge in [-0.2, -0.15) is 0 Å². The molecule has 4 atom stereocenters. The van der Waals surface area contributed by atoms with Gasteiger partial charge in [-0.1, -0.05) is 28.4 Å². The standard InChI is InChI=1S/C18H26BrNO/c1-3-21-15-6-7-16(17(19)11-15)18(20-2)10-14-9-12-4-5-13(14)8-12/h6-7,11-14,18,20H,3-5,8-10H2,1-2H3. The van der Waals surface area contributed by atoms with E-state index < -0.39 is 0 Å². The van der Waals surface area contributed by atoms with Crippen molar-refractivity contribution in [2.24, 2.45) is 17.8 Å². The van der Waals surface area contributed by atoms with E-state index in [-0.39, 0.29) is 0 Å². The Kier molecular flexibility index (Phi) is 4.90. The summed E-state index contributed by atoms with van der Waals surface area (Å²) in [5.41, 5.74) is 1.36. The molecular formula is C18H26BrNO. The Balaban J connectivity index is 1.71. The lowest BCUT2D eigenvalue weighted by molar-refractivity contribution is 0.283. The van der Waals surface area contributed by atoms with Gasteiger partial charge in [0.15, 0.2) is 0 Å². The largest absolute Gasteiger partial charge is 0.494 e. The first-order chi connectivity index (χ1) is 10.2. The Morgan fingerprint density at radius 3 is 2.76 bits per heavy atom. The van der Waals surface area contributed by atoms with Gasteiger partial charge in [-0.05, 0) is 75.1 Å². The first-order valence-electron chi connectivity index (χ1n) is 8.30. The quantitative estimate of drug-likeness (QED) is 0.783. The van der Waals surface area contributed by atoms with Crippen molar-refractivity contribution in [3.05, 3.63) is 28.2 Å². The summed E-state index contributed by atoms with van der Waals surface area (Å²) in [7, 11) is 2.08. The lowest BCUT2D eigenvalue weighted by atomic mass is 9.83. The van der Waals surface area contributed by atoms with Crippen molar-refractivity contribution in [3.8, 4) is 5.75 Å². The summed E-state index contributed by atoms with van der Waals surface area (Å²) in [6.45, 7) is 2.74. The summed E-state index contributed by atoms with van der Waals surface area (Å²) >= 11 is 3.73. The van der Waals surface area contributed by atoms with Crippen LogP contribution >= 0.6 is 15.9 Å². The molecule has 2 nitrogen and oxygen atoms in total. The molecule has 2 fully saturated rings. The van der Waals surface area contributed by atoms with Gasteiger partial charge in [0.1, 0.15) is 5.75 Å². The average molecular weight is 352 g/mol. The minimum atomic E-state index is 0.444. The molecule has 2 aliphatic rings. The third-order valence-electron chi connectivity index (χ3n) is 5.43. The fraction of sp³-hybridized carbons (Fsp3) is 0.667. The zero-order valence-corrected chi connectivity index (χ0v) is 14.7. The zero-order chi connectivity index (χ0) is 14.8. The summed E-state index contributed by atoms with van der Waals surface area (Å²) in [6.07, 6.45) is 7.17. The van der Waals surface area contributed by atoms with Crippen LogP contribution in [-0.4, -0.2) is 13.7 Å². The molecule has 21 heavy (non-hydrogen) atoms. The number of benzene rings is 1. The normalized spacial score (nSPS) is 28.8. The van der Waals surface area contributed by atoms with Crippen LogP contribution in [0.2, 0.25) is 0 Å². The molecular weight excluding hydrogens is 326 g/mol. The molecule has 0 amide bonds. The van der Waals surface area contributed by atoms with Crippen molar-refractivity contribution >= 4 is 15.9 Å². The summed E-state index contributed by atoms with van der Waals surface area (Å²) in [6, 6.07) is 6.85. The number of fused-ring (bicyclic) bond motifs is 2. The highest BCUT2D eigenvalue weighted by molar-refractivity contribution is 9.10. The Morgan fingerprint density at radius 2 is 2.19 bits per heavy atom. The predicted octanol–water partition coefficient (Wildman–Crippen LogP) is 4.93. The monoisotopic (exact) mass is 351 g/mol. The van der Waals surface area contributed by atoms with Crippen LogP contribution in [0.15, 0.2) is 22.7 Å². The number of hydrogen-bond acceptors (Lipinski definition) is 2. The average Bonchev–Trinajstić information content (AvgIpc) is 3.08. The molecule has 2 aliphatic carbocycles. The molecule has 1 aromatic rings. The van der Waals surface area contributed by atoms with Crippen LogP contribution in [-0.2, 0) is 0 Å². The van der Waals surface area contributed by atoms with E-state index in [1.54, 1.807) is 0 Å². The zero-order valence-electron chi connectivity index (χ0n) is 13.1. The van der Waals surface area contributed by atoms with Crippen LogP contribution < -0.4 is 10.1 Å². The molecule has 3 heteroatoms. The van der Waals surface area contributed by atoms with E-state index in [4.69, 9.17) is 4.74 Å². The molecule has 1 aromatic carbocycles. The van der Waals surface area contributed by atoms with Crippen molar-refractivity contribution < 1.29 is 4.74 Å². The molecule has 116 valence electrons. The third-order valence-corrected chi connectivity index (χ3v) is 6.12. The van der Waals surface area contributed by atoms with Crippen LogP contribution in [0.25, 0.3) is 0 Å². The van der Waals surface area contributed by atoms with Gasteiger partial charge in [0, 0.05) is 10.5 Å². The number of ether oxygens (including phenoxy) is 1. The molecule has 2 bridgehead atoms. The van der Waals surface area contributed by atoms with Crippen LogP contribution in [0.3, 0.4) is 0 Å². The van der Waals surface area contributed by atoms with Gasteiger partial charge >= 0.3 is 0 Å². The highest BCUT2D eigenvalue weighted by atomic mass is 79.9. The van der Waals surface area contributed by atoms with Gasteiger partial charge in [0.2, 0.25) is 0 Å². The van der Waals surface area contributed by atoms with Crippen molar-refractivity contribution in [2.45, 2.75) is 45.1 Å². The van der Waals surface area contributed by atoms with E-state index in [9.17, 15) is 0 Å². The van der Waals surface area contributed by atoms with Crippen molar-refractivity contribution in [2.75, 3.05) is 13.7 Å². The molecule has 3 rings (SSSR count). The number of rotatable bonds is 6. The SMILES string of the molecule is CCOc1ccc(C(CC2CC3CCC2C3)NC)c(Br)c1. The van der Waals surface area contributed by atoms with Gasteiger partial charge in [0.25, 0.3) is 0 Å². The molecule has 0 radical (unpaired) electrons. The van der Waals surface area contributed by atoms with E-state index in [0.717, 1.165) is 28.0 Å². The van der Waals surface area contributed by atoms with Crippen molar-refractivity contribution in [1.82, 2.24) is 5.32 Å². The molecule has 0 saturated heterocycles. The Morgan fingerprint density at radius 1 is 1.33 bits per heavy atom. The van der Waals surface area contributed by atoms with E-state index in [1.165, 1.54) is 37.7 Å². The van der Waals surface area contributed by atoms with Crippen LogP contribution in [0.4, 0.5) is 0 Å². The summed E-state index contributed by atoms with van der Waals surface area (Å²) in [5, 5.41) is 3.53. The minimum Gasteiger partial charge on any atom is -0.494 e. The molecule has 1 N–H and O–H groups in total. The minimum absolute atomic E-state index is 0.444. The summed E-state index contributed by atoms with van der Waals surface area (Å²) in [4.78, 5) is 0. The number of nitrogens with one attached hydrogen (secondary N) is 1. The van der Waals surface area contributed by atoms with Gasteiger partial charge < -0.3 is 10.1 Å². The van der Waals surface area contributed by atoms with Gasteiger partial charge in [-0.3, -0.25) is 0 Å². The topological polar surface area (TPSA) is 21.3 Å². The fourth-order valence-corrected chi connectivity index (χ4v) is 5.05. The van der Waals surface area contributed by atoms with E-state index in [2.05, 4.69) is 46.5 Å². The van der Waals surface area contributed by atoms with Crippen molar-refractivity contribution in [3.63, 3.8) is 0 Å². The summed E-state index contributed by atoms with van der Waals surface area (Å²) < 4.78 is 6.74. The lowest BCUT2D eigenvalue weighted by Gasteiger charge is -2.27. The Hall–Kier alpha value is -0.540. The first-order valence-corrected chi connectivity index (χ1v) is 9.10. The van der Waals surface area contributed by atoms with E-state index in [1.807, 2.05) is 6.92 Å². The highest BCUT2D eigenvalue weighted by Crippen LogP contribution is 2.51. The van der Waals surface area contributed by atoms with Gasteiger partial charge in [0.05, 0.1) is 6.61 Å². The maximum Gasteiger partial charge on any atom is 0.120 e. The second kappa shape index (κ2) is 6.70. The molecule has 0 aromatic heterocycles. The van der Waals surface area contributed by atoms with Crippen LogP contribution in [0.1, 0.15) is 50.6 Å². The second-order valence-corrected chi connectivity index (χ2v) is 7.48. The number of halogens is 1. The van der Waals surface area contributed by atoms with E-state index in [0.29, 0.717) is 12.6 Å². The van der Waals surface area contributed by atoms with Crippen LogP contribution in [0.5, 0.6) is 5.75 Å². The van der Waals surface area contributed by atoms with E-state index >= 15 is 0 Å². The smallest absolute Gasteiger partial charge is 0.120 e. The predicted molar refractivity (Wildman–Crippen MR) is 90.7 cm³/mol. The maximum atomic E-state index is 5.58. The van der Waals surface area contributed by atoms with Gasteiger partial charge in [-0.15, -0.1) is 0 Å².